The van der Waals surface area contributed by atoms with Crippen LogP contribution in [0.4, 0.5) is 0 Å². The lowest BCUT2D eigenvalue weighted by atomic mass is 10.1. The van der Waals surface area contributed by atoms with E-state index in [0.717, 1.165) is 18.6 Å². The molecule has 1 atom stereocenters. The zero-order valence-electron chi connectivity index (χ0n) is 8.16. The fraction of sp³-hybridized carbons (Fsp3) is 0.455. The monoisotopic (exact) mass is 180 g/mol. The Kier molecular flexibility index (Phi) is 3.77. The molecule has 0 spiro atoms. The van der Waals surface area contributed by atoms with E-state index in [4.69, 9.17) is 9.84 Å². The van der Waals surface area contributed by atoms with Crippen molar-refractivity contribution >= 4 is 0 Å². The number of phenolic OH excluding ortho intramolecular Hbond substituents is 1. The molecule has 2 nitrogen and oxygen atoms in total. The van der Waals surface area contributed by atoms with Gasteiger partial charge < -0.3 is 9.84 Å². The lowest BCUT2D eigenvalue weighted by Gasteiger charge is -2.12. The van der Waals surface area contributed by atoms with Gasteiger partial charge in [0.15, 0.2) is 0 Å². The average Bonchev–Trinajstić information content (AvgIpc) is 2.15. The molecule has 1 aromatic carbocycles. The fourth-order valence-electron chi connectivity index (χ4n) is 1.14. The molecule has 0 aromatic heterocycles. The highest BCUT2D eigenvalue weighted by molar-refractivity contribution is 5.26. The van der Waals surface area contributed by atoms with Gasteiger partial charge in [0.1, 0.15) is 5.75 Å². The first-order valence-corrected chi connectivity index (χ1v) is 4.64. The average molecular weight is 180 g/mol. The van der Waals surface area contributed by atoms with Gasteiger partial charge in [-0.05, 0) is 31.0 Å². The Bertz CT molecular complexity index is 241. The molecule has 0 unspecified atom stereocenters. The van der Waals surface area contributed by atoms with Crippen LogP contribution in [0.25, 0.3) is 0 Å². The van der Waals surface area contributed by atoms with Crippen LogP contribution < -0.4 is 0 Å². The topological polar surface area (TPSA) is 29.5 Å². The summed E-state index contributed by atoms with van der Waals surface area (Å²) in [7, 11) is 0. The van der Waals surface area contributed by atoms with Crippen molar-refractivity contribution in [3.05, 3.63) is 29.8 Å². The van der Waals surface area contributed by atoms with E-state index in [1.807, 2.05) is 19.1 Å². The maximum atomic E-state index is 9.07. The van der Waals surface area contributed by atoms with Crippen molar-refractivity contribution in [2.45, 2.75) is 26.4 Å². The summed E-state index contributed by atoms with van der Waals surface area (Å²) in [6.07, 6.45) is 1.14. The van der Waals surface area contributed by atoms with Gasteiger partial charge >= 0.3 is 0 Å². The fourth-order valence-corrected chi connectivity index (χ4v) is 1.14. The van der Waals surface area contributed by atoms with Crippen LogP contribution in [0.2, 0.25) is 0 Å². The van der Waals surface area contributed by atoms with Crippen LogP contribution in [0.3, 0.4) is 0 Å². The molecule has 1 aromatic rings. The molecule has 1 rings (SSSR count). The largest absolute Gasteiger partial charge is 0.508 e. The highest BCUT2D eigenvalue weighted by Crippen LogP contribution is 2.19. The van der Waals surface area contributed by atoms with Gasteiger partial charge in [0.05, 0.1) is 6.10 Å². The summed E-state index contributed by atoms with van der Waals surface area (Å²) < 4.78 is 5.54. The van der Waals surface area contributed by atoms with Crippen molar-refractivity contribution in [2.24, 2.45) is 0 Å². The van der Waals surface area contributed by atoms with Gasteiger partial charge in [0.2, 0.25) is 0 Å². The van der Waals surface area contributed by atoms with Crippen molar-refractivity contribution in [1.29, 1.82) is 0 Å². The van der Waals surface area contributed by atoms with Crippen molar-refractivity contribution in [1.82, 2.24) is 0 Å². The molecule has 0 aliphatic heterocycles. The number of ether oxygens (including phenoxy) is 1. The molecule has 0 aliphatic carbocycles. The highest BCUT2D eigenvalue weighted by atomic mass is 16.5. The first-order chi connectivity index (χ1) is 6.24. The molecule has 2 heteroatoms. The minimum Gasteiger partial charge on any atom is -0.508 e. The second-order valence-corrected chi connectivity index (χ2v) is 3.10. The Hall–Kier alpha value is -1.02. The predicted octanol–water partition coefficient (Wildman–Crippen LogP) is 2.88. The molecule has 1 N–H and O–H groups in total. The Morgan fingerprint density at radius 1 is 1.31 bits per heavy atom. The molecule has 0 saturated carbocycles. The van der Waals surface area contributed by atoms with Crippen LogP contribution in [-0.2, 0) is 4.74 Å². The Morgan fingerprint density at radius 2 is 1.92 bits per heavy atom. The van der Waals surface area contributed by atoms with Crippen molar-refractivity contribution < 1.29 is 9.84 Å². The standard InChI is InChI=1S/C11H16O2/c1-3-8-13-9(2)10-4-6-11(12)7-5-10/h4-7,9,12H,3,8H2,1-2H3/t9-/m1/s1. The van der Waals surface area contributed by atoms with E-state index in [9.17, 15) is 0 Å². The number of hydrogen-bond donors (Lipinski definition) is 1. The van der Waals surface area contributed by atoms with Crippen LogP contribution in [-0.4, -0.2) is 11.7 Å². The zero-order valence-corrected chi connectivity index (χ0v) is 8.16. The first-order valence-electron chi connectivity index (χ1n) is 4.64. The molecule has 0 aliphatic rings. The van der Waals surface area contributed by atoms with E-state index in [1.54, 1.807) is 12.1 Å². The molecule has 0 saturated heterocycles. The number of aromatic hydroxyl groups is 1. The molecule has 0 amide bonds. The van der Waals surface area contributed by atoms with Gasteiger partial charge in [-0.2, -0.15) is 0 Å². The van der Waals surface area contributed by atoms with Crippen molar-refractivity contribution in [3.63, 3.8) is 0 Å². The summed E-state index contributed by atoms with van der Waals surface area (Å²) in [5, 5.41) is 9.07. The molecule has 0 radical (unpaired) electrons. The number of hydrogen-bond acceptors (Lipinski definition) is 2. The maximum Gasteiger partial charge on any atom is 0.115 e. The summed E-state index contributed by atoms with van der Waals surface area (Å²) in [6, 6.07) is 7.13. The van der Waals surface area contributed by atoms with Crippen LogP contribution in [0.15, 0.2) is 24.3 Å². The SMILES string of the molecule is CCCO[C@H](C)c1ccc(O)cc1. The quantitative estimate of drug-likeness (QED) is 0.772. The van der Waals surface area contributed by atoms with Crippen LogP contribution in [0.5, 0.6) is 5.75 Å². The molecule has 13 heavy (non-hydrogen) atoms. The van der Waals surface area contributed by atoms with Gasteiger partial charge in [0.25, 0.3) is 0 Å². The molecule has 0 bridgehead atoms. The summed E-state index contributed by atoms with van der Waals surface area (Å²) in [6.45, 7) is 4.88. The van der Waals surface area contributed by atoms with Crippen molar-refractivity contribution in [3.8, 4) is 5.75 Å². The van der Waals surface area contributed by atoms with E-state index in [-0.39, 0.29) is 6.10 Å². The predicted molar refractivity (Wildman–Crippen MR) is 52.8 cm³/mol. The van der Waals surface area contributed by atoms with Crippen LogP contribution >= 0.6 is 0 Å². The Balaban J connectivity index is 2.55. The first kappa shape index (κ1) is 10.1. The number of rotatable bonds is 4. The zero-order chi connectivity index (χ0) is 9.68. The van der Waals surface area contributed by atoms with E-state index in [0.29, 0.717) is 5.75 Å². The normalized spacial score (nSPS) is 12.8. The maximum absolute atomic E-state index is 9.07. The third-order valence-corrected chi connectivity index (χ3v) is 1.93. The summed E-state index contributed by atoms with van der Waals surface area (Å²) in [5.74, 6) is 0.298. The molecular formula is C11H16O2. The number of benzene rings is 1. The number of phenols is 1. The Labute approximate surface area is 79.2 Å². The third-order valence-electron chi connectivity index (χ3n) is 1.93. The van der Waals surface area contributed by atoms with E-state index < -0.39 is 0 Å². The summed E-state index contributed by atoms with van der Waals surface area (Å²) >= 11 is 0. The minimum atomic E-state index is 0.112. The lowest BCUT2D eigenvalue weighted by molar-refractivity contribution is 0.0662. The van der Waals surface area contributed by atoms with E-state index >= 15 is 0 Å². The summed E-state index contributed by atoms with van der Waals surface area (Å²) in [4.78, 5) is 0. The summed E-state index contributed by atoms with van der Waals surface area (Å²) in [5.41, 5.74) is 1.10. The van der Waals surface area contributed by atoms with Gasteiger partial charge in [-0.3, -0.25) is 0 Å². The minimum absolute atomic E-state index is 0.112. The Morgan fingerprint density at radius 3 is 2.46 bits per heavy atom. The van der Waals surface area contributed by atoms with Crippen LogP contribution in [0.1, 0.15) is 31.9 Å². The second-order valence-electron chi connectivity index (χ2n) is 3.10. The third kappa shape index (κ3) is 3.07. The van der Waals surface area contributed by atoms with E-state index in [1.165, 1.54) is 0 Å². The van der Waals surface area contributed by atoms with Gasteiger partial charge in [-0.1, -0.05) is 19.1 Å². The van der Waals surface area contributed by atoms with Gasteiger partial charge in [-0.15, -0.1) is 0 Å². The molecule has 72 valence electrons. The highest BCUT2D eigenvalue weighted by Gasteiger charge is 2.03. The van der Waals surface area contributed by atoms with E-state index in [2.05, 4.69) is 6.92 Å². The lowest BCUT2D eigenvalue weighted by Crippen LogP contribution is -2.00. The molecule has 0 fully saturated rings. The van der Waals surface area contributed by atoms with Gasteiger partial charge in [-0.25, -0.2) is 0 Å². The molecule has 0 heterocycles. The molecular weight excluding hydrogens is 164 g/mol. The van der Waals surface area contributed by atoms with Crippen LogP contribution in [0, 0.1) is 0 Å². The smallest absolute Gasteiger partial charge is 0.115 e. The van der Waals surface area contributed by atoms with Crippen molar-refractivity contribution in [2.75, 3.05) is 6.61 Å². The van der Waals surface area contributed by atoms with Gasteiger partial charge in [0, 0.05) is 6.61 Å². The second kappa shape index (κ2) is 4.87.